The SMILES string of the molecule is COC1CCC(N2CC(=O)Nc3ncc(-c4ccc(-c5ncn[nH]5)nc4)nc32)CC1.[HH]. The van der Waals surface area contributed by atoms with Gasteiger partial charge in [0.25, 0.3) is 0 Å². The van der Waals surface area contributed by atoms with Crippen LogP contribution in [-0.2, 0) is 9.53 Å². The molecule has 4 heterocycles. The smallest absolute Gasteiger partial charge is 0.245 e. The Morgan fingerprint density at radius 1 is 1.10 bits per heavy atom. The highest BCUT2D eigenvalue weighted by Crippen LogP contribution is 2.34. The van der Waals surface area contributed by atoms with Crippen LogP contribution in [-0.4, -0.2) is 61.8 Å². The molecule has 0 saturated heterocycles. The third-order valence-electron chi connectivity index (χ3n) is 5.73. The Morgan fingerprint density at radius 3 is 2.67 bits per heavy atom. The summed E-state index contributed by atoms with van der Waals surface area (Å²) in [7, 11) is 1.76. The summed E-state index contributed by atoms with van der Waals surface area (Å²) in [6.07, 6.45) is 9.03. The molecule has 0 bridgehead atoms. The summed E-state index contributed by atoms with van der Waals surface area (Å²) in [5, 5.41) is 9.49. The van der Waals surface area contributed by atoms with Crippen molar-refractivity contribution in [1.29, 1.82) is 0 Å². The lowest BCUT2D eigenvalue weighted by Gasteiger charge is -2.39. The molecule has 3 aromatic rings. The van der Waals surface area contributed by atoms with Gasteiger partial charge in [-0.25, -0.2) is 15.0 Å². The van der Waals surface area contributed by atoms with E-state index in [-0.39, 0.29) is 19.9 Å². The van der Waals surface area contributed by atoms with Crippen molar-refractivity contribution in [2.45, 2.75) is 37.8 Å². The Labute approximate surface area is 174 Å². The number of aromatic nitrogens is 6. The van der Waals surface area contributed by atoms with Crippen LogP contribution in [0.4, 0.5) is 11.6 Å². The molecule has 2 N–H and O–H groups in total. The topological polar surface area (TPSA) is 122 Å². The Kier molecular flexibility index (Phi) is 4.83. The summed E-state index contributed by atoms with van der Waals surface area (Å²) in [5.74, 6) is 1.78. The third-order valence-corrected chi connectivity index (χ3v) is 5.73. The van der Waals surface area contributed by atoms with E-state index in [1.165, 1.54) is 6.33 Å². The van der Waals surface area contributed by atoms with Gasteiger partial charge in [-0.15, -0.1) is 0 Å². The first-order chi connectivity index (χ1) is 14.7. The maximum absolute atomic E-state index is 12.2. The minimum atomic E-state index is -0.0588. The number of amides is 1. The number of H-pyrrole nitrogens is 1. The average Bonchev–Trinajstić information content (AvgIpc) is 3.33. The van der Waals surface area contributed by atoms with Gasteiger partial charge in [-0.3, -0.25) is 14.9 Å². The minimum absolute atomic E-state index is 0. The average molecular weight is 408 g/mol. The van der Waals surface area contributed by atoms with Gasteiger partial charge in [0, 0.05) is 26.3 Å². The van der Waals surface area contributed by atoms with Crippen LogP contribution in [0.1, 0.15) is 27.1 Å². The molecule has 0 spiro atoms. The monoisotopic (exact) mass is 408 g/mol. The number of anilines is 2. The number of nitrogens with one attached hydrogen (secondary N) is 2. The summed E-state index contributed by atoms with van der Waals surface area (Å²) in [5.41, 5.74) is 2.25. The van der Waals surface area contributed by atoms with Gasteiger partial charge in [0.1, 0.15) is 12.0 Å². The maximum atomic E-state index is 12.2. The van der Waals surface area contributed by atoms with E-state index in [0.717, 1.165) is 31.2 Å². The molecule has 1 fully saturated rings. The van der Waals surface area contributed by atoms with Crippen molar-refractivity contribution in [3.63, 3.8) is 0 Å². The molecule has 0 atom stereocenters. The predicted molar refractivity (Wildman–Crippen MR) is 112 cm³/mol. The molecule has 2 aliphatic rings. The Morgan fingerprint density at radius 2 is 1.97 bits per heavy atom. The Bertz CT molecular complexity index is 1040. The van der Waals surface area contributed by atoms with Crippen LogP contribution in [0.15, 0.2) is 30.9 Å². The van der Waals surface area contributed by atoms with Gasteiger partial charge < -0.3 is 15.0 Å². The first kappa shape index (κ1) is 18.6. The van der Waals surface area contributed by atoms with Gasteiger partial charge in [0.15, 0.2) is 17.5 Å². The van der Waals surface area contributed by atoms with Crippen LogP contribution in [0.5, 0.6) is 0 Å². The minimum Gasteiger partial charge on any atom is -0.381 e. The molecule has 30 heavy (non-hydrogen) atoms. The number of methoxy groups -OCH3 is 1. The molecule has 1 saturated carbocycles. The molecule has 156 valence electrons. The lowest BCUT2D eigenvalue weighted by atomic mass is 9.91. The normalized spacial score (nSPS) is 21.2. The maximum Gasteiger partial charge on any atom is 0.245 e. The molecule has 10 nitrogen and oxygen atoms in total. The van der Waals surface area contributed by atoms with Crippen molar-refractivity contribution in [2.75, 3.05) is 23.9 Å². The highest BCUT2D eigenvalue weighted by molar-refractivity contribution is 5.99. The number of rotatable bonds is 4. The van der Waals surface area contributed by atoms with Gasteiger partial charge in [-0.2, -0.15) is 5.10 Å². The lowest BCUT2D eigenvalue weighted by molar-refractivity contribution is -0.115. The van der Waals surface area contributed by atoms with E-state index < -0.39 is 0 Å². The fraction of sp³-hybridized carbons (Fsp3) is 0.400. The van der Waals surface area contributed by atoms with E-state index in [4.69, 9.17) is 9.72 Å². The molecular formula is C20H24N8O2. The summed E-state index contributed by atoms with van der Waals surface area (Å²) in [6, 6.07) is 4.04. The molecule has 1 amide bonds. The van der Waals surface area contributed by atoms with E-state index in [2.05, 4.69) is 35.4 Å². The Hall–Kier alpha value is -3.40. The summed E-state index contributed by atoms with van der Waals surface area (Å²) in [6.45, 7) is 0.288. The van der Waals surface area contributed by atoms with Gasteiger partial charge in [0.05, 0.1) is 24.5 Å². The molecule has 5 rings (SSSR count). The molecule has 0 aromatic carbocycles. The van der Waals surface area contributed by atoms with E-state index in [0.29, 0.717) is 35.0 Å². The van der Waals surface area contributed by atoms with Crippen LogP contribution in [0.25, 0.3) is 22.8 Å². The lowest BCUT2D eigenvalue weighted by Crippen LogP contribution is -2.47. The number of aromatic amines is 1. The van der Waals surface area contributed by atoms with Crippen molar-refractivity contribution in [3.8, 4) is 22.8 Å². The van der Waals surface area contributed by atoms with E-state index in [1.807, 2.05) is 12.1 Å². The number of ether oxygens (including phenoxy) is 1. The fourth-order valence-electron chi connectivity index (χ4n) is 4.12. The Balaban J connectivity index is 0.00000231. The van der Waals surface area contributed by atoms with Crippen LogP contribution < -0.4 is 10.2 Å². The van der Waals surface area contributed by atoms with Crippen LogP contribution in [0.3, 0.4) is 0 Å². The van der Waals surface area contributed by atoms with Crippen molar-refractivity contribution in [1.82, 2.24) is 30.1 Å². The van der Waals surface area contributed by atoms with E-state index in [9.17, 15) is 4.79 Å². The number of carbonyl (C=O) groups is 1. The number of hydrogen-bond acceptors (Lipinski definition) is 8. The van der Waals surface area contributed by atoms with Crippen molar-refractivity contribution in [2.24, 2.45) is 0 Å². The second kappa shape index (κ2) is 7.79. The predicted octanol–water partition coefficient (Wildman–Crippen LogP) is 2.29. The van der Waals surface area contributed by atoms with Gasteiger partial charge in [-0.05, 0) is 37.8 Å². The largest absolute Gasteiger partial charge is 0.381 e. The second-order valence-corrected chi connectivity index (χ2v) is 7.54. The van der Waals surface area contributed by atoms with Crippen molar-refractivity contribution < 1.29 is 11.0 Å². The molecule has 0 radical (unpaired) electrons. The quantitative estimate of drug-likeness (QED) is 0.674. The first-order valence-electron chi connectivity index (χ1n) is 10.00. The van der Waals surface area contributed by atoms with Gasteiger partial charge in [-0.1, -0.05) is 0 Å². The number of fused-ring (bicyclic) bond motifs is 1. The standard InChI is InChI=1S/C20H22N8O2.H2/c1-30-14-5-3-13(4-6-14)28-10-17(29)26-19-20(28)25-16(9-22-19)12-2-7-15(21-8-12)18-23-11-24-27-18;/h2,7-9,11,13-14H,3-6,10H2,1H3,(H,22,26,29)(H,23,24,27);1H. The zero-order valence-corrected chi connectivity index (χ0v) is 16.6. The third kappa shape index (κ3) is 3.50. The number of carbonyl (C=O) groups excluding carboxylic acids is 1. The summed E-state index contributed by atoms with van der Waals surface area (Å²) >= 11 is 0. The first-order valence-corrected chi connectivity index (χ1v) is 10.00. The molecule has 1 aliphatic heterocycles. The van der Waals surface area contributed by atoms with Crippen LogP contribution in [0, 0.1) is 0 Å². The summed E-state index contributed by atoms with van der Waals surface area (Å²) in [4.78, 5) is 32.2. The molecular weight excluding hydrogens is 384 g/mol. The highest BCUT2D eigenvalue weighted by Gasteiger charge is 2.33. The van der Waals surface area contributed by atoms with Gasteiger partial charge >= 0.3 is 0 Å². The molecule has 10 heteroatoms. The summed E-state index contributed by atoms with van der Waals surface area (Å²) < 4.78 is 5.49. The molecule has 1 aliphatic carbocycles. The number of nitrogens with zero attached hydrogens (tertiary/aromatic N) is 6. The van der Waals surface area contributed by atoms with Crippen molar-refractivity contribution >= 4 is 17.5 Å². The van der Waals surface area contributed by atoms with Crippen LogP contribution in [0.2, 0.25) is 0 Å². The van der Waals surface area contributed by atoms with Crippen molar-refractivity contribution in [3.05, 3.63) is 30.9 Å². The zero-order valence-electron chi connectivity index (χ0n) is 16.6. The van der Waals surface area contributed by atoms with E-state index in [1.54, 1.807) is 19.5 Å². The second-order valence-electron chi connectivity index (χ2n) is 7.54. The number of hydrogen-bond donors (Lipinski definition) is 2. The fourth-order valence-corrected chi connectivity index (χ4v) is 4.12. The highest BCUT2D eigenvalue weighted by atomic mass is 16.5. The molecule has 3 aromatic heterocycles. The van der Waals surface area contributed by atoms with Crippen LogP contribution >= 0.6 is 0 Å². The number of pyridine rings is 1. The molecule has 0 unspecified atom stereocenters. The zero-order chi connectivity index (χ0) is 20.5. The van der Waals surface area contributed by atoms with E-state index >= 15 is 0 Å². The van der Waals surface area contributed by atoms with Gasteiger partial charge in [0.2, 0.25) is 5.91 Å².